The number of allylic oxidation sites excluding steroid dienone is 1. The molecule has 2 aromatic carbocycles. The summed E-state index contributed by atoms with van der Waals surface area (Å²) in [5.41, 5.74) is 3.72. The first kappa shape index (κ1) is 10.9. The molecule has 0 aliphatic carbocycles. The van der Waals surface area contributed by atoms with Crippen LogP contribution >= 0.6 is 0 Å². The van der Waals surface area contributed by atoms with E-state index in [1.165, 1.54) is 16.7 Å². The van der Waals surface area contributed by atoms with Crippen LogP contribution in [0.4, 0.5) is 0 Å². The molecule has 1 aliphatic rings. The van der Waals surface area contributed by atoms with Crippen LogP contribution in [-0.2, 0) is 15.9 Å². The molecule has 2 nitrogen and oxygen atoms in total. The molecule has 0 atom stereocenters. The molecule has 0 fully saturated rings. The smallest absolute Gasteiger partial charge is 0.229 e. The van der Waals surface area contributed by atoms with Gasteiger partial charge in [-0.15, -0.1) is 0 Å². The van der Waals surface area contributed by atoms with Gasteiger partial charge in [-0.1, -0.05) is 54.6 Å². The topological polar surface area (TPSA) is 18.5 Å². The maximum absolute atomic E-state index is 5.39. The van der Waals surface area contributed by atoms with Gasteiger partial charge in [-0.2, -0.15) is 0 Å². The molecule has 3 rings (SSSR count). The first-order valence-electron chi connectivity index (χ1n) is 6.00. The summed E-state index contributed by atoms with van der Waals surface area (Å²) in [6.07, 6.45) is 2.47. The number of rotatable bonds is 3. The summed E-state index contributed by atoms with van der Waals surface area (Å²) < 4.78 is 10.5. The second kappa shape index (κ2) is 4.96. The van der Waals surface area contributed by atoms with Gasteiger partial charge in [-0.05, 0) is 16.7 Å². The zero-order chi connectivity index (χ0) is 12.2. The standard InChI is InChI=1S/C16H14O2/c1-2-6-13(7-3-1)16-9-5-4-8-14(16)10-15-11-17-12-18-15/h1-9,11H,10,12H2. The molecule has 18 heavy (non-hydrogen) atoms. The van der Waals surface area contributed by atoms with E-state index in [9.17, 15) is 0 Å². The molecule has 2 aromatic rings. The Kier molecular flexibility index (Phi) is 3.01. The molecule has 90 valence electrons. The molecule has 0 radical (unpaired) electrons. The van der Waals surface area contributed by atoms with Crippen molar-refractivity contribution in [1.29, 1.82) is 0 Å². The molecule has 1 aliphatic heterocycles. The number of benzene rings is 2. The fourth-order valence-corrected chi connectivity index (χ4v) is 2.12. The minimum absolute atomic E-state index is 0.336. The van der Waals surface area contributed by atoms with Gasteiger partial charge in [-0.25, -0.2) is 0 Å². The normalized spacial score (nSPS) is 13.7. The Hall–Kier alpha value is -2.22. The van der Waals surface area contributed by atoms with Gasteiger partial charge in [0.1, 0.15) is 12.0 Å². The molecule has 0 unspecified atom stereocenters. The quantitative estimate of drug-likeness (QED) is 0.811. The third-order valence-corrected chi connectivity index (χ3v) is 2.99. The third kappa shape index (κ3) is 2.23. The Morgan fingerprint density at radius 1 is 0.889 bits per heavy atom. The van der Waals surface area contributed by atoms with E-state index in [0.29, 0.717) is 6.79 Å². The molecule has 0 spiro atoms. The number of hydrogen-bond acceptors (Lipinski definition) is 2. The lowest BCUT2D eigenvalue weighted by Gasteiger charge is -2.09. The number of hydrogen-bond donors (Lipinski definition) is 0. The maximum Gasteiger partial charge on any atom is 0.229 e. The predicted octanol–water partition coefficient (Wildman–Crippen LogP) is 3.74. The third-order valence-electron chi connectivity index (χ3n) is 2.99. The lowest BCUT2D eigenvalue weighted by Crippen LogP contribution is -1.94. The fraction of sp³-hybridized carbons (Fsp3) is 0.125. The highest BCUT2D eigenvalue weighted by molar-refractivity contribution is 5.67. The second-order valence-corrected chi connectivity index (χ2v) is 4.21. The minimum Gasteiger partial charge on any atom is -0.462 e. The molecular formula is C16H14O2. The van der Waals surface area contributed by atoms with E-state index < -0.39 is 0 Å². The highest BCUT2D eigenvalue weighted by Gasteiger charge is 2.10. The molecule has 0 saturated carbocycles. The van der Waals surface area contributed by atoms with E-state index in [0.717, 1.165) is 12.2 Å². The van der Waals surface area contributed by atoms with Crippen molar-refractivity contribution in [2.75, 3.05) is 6.79 Å². The first-order chi connectivity index (χ1) is 8.93. The molecule has 0 amide bonds. The van der Waals surface area contributed by atoms with Crippen LogP contribution in [0.15, 0.2) is 66.6 Å². The van der Waals surface area contributed by atoms with Crippen LogP contribution in [0, 0.1) is 0 Å². The summed E-state index contributed by atoms with van der Waals surface area (Å²) in [6, 6.07) is 18.8. The summed E-state index contributed by atoms with van der Waals surface area (Å²) in [4.78, 5) is 0. The van der Waals surface area contributed by atoms with Gasteiger partial charge in [0, 0.05) is 6.42 Å². The zero-order valence-corrected chi connectivity index (χ0v) is 10.0. The SMILES string of the molecule is C1=C(Cc2ccccc2-c2ccccc2)OCO1. The van der Waals surface area contributed by atoms with Crippen molar-refractivity contribution in [2.45, 2.75) is 6.42 Å². The van der Waals surface area contributed by atoms with Gasteiger partial charge in [0.05, 0.1) is 0 Å². The Balaban J connectivity index is 1.95. The lowest BCUT2D eigenvalue weighted by atomic mass is 9.97. The van der Waals surface area contributed by atoms with Gasteiger partial charge in [-0.3, -0.25) is 0 Å². The van der Waals surface area contributed by atoms with E-state index in [-0.39, 0.29) is 0 Å². The summed E-state index contributed by atoms with van der Waals surface area (Å²) >= 11 is 0. The van der Waals surface area contributed by atoms with Crippen molar-refractivity contribution in [3.05, 3.63) is 72.2 Å². The highest BCUT2D eigenvalue weighted by atomic mass is 16.7. The predicted molar refractivity (Wildman–Crippen MR) is 70.7 cm³/mol. The van der Waals surface area contributed by atoms with E-state index in [1.54, 1.807) is 6.26 Å². The Morgan fingerprint density at radius 3 is 2.44 bits per heavy atom. The largest absolute Gasteiger partial charge is 0.462 e. The monoisotopic (exact) mass is 238 g/mol. The molecule has 0 aromatic heterocycles. The van der Waals surface area contributed by atoms with Crippen molar-refractivity contribution in [1.82, 2.24) is 0 Å². The Morgan fingerprint density at radius 2 is 1.67 bits per heavy atom. The van der Waals surface area contributed by atoms with Crippen LogP contribution in [-0.4, -0.2) is 6.79 Å². The van der Waals surface area contributed by atoms with Crippen LogP contribution in [0.5, 0.6) is 0 Å². The second-order valence-electron chi connectivity index (χ2n) is 4.21. The molecule has 0 saturated heterocycles. The average Bonchev–Trinajstić information content (AvgIpc) is 2.93. The van der Waals surface area contributed by atoms with Gasteiger partial charge in [0.25, 0.3) is 0 Å². The van der Waals surface area contributed by atoms with Crippen LogP contribution < -0.4 is 0 Å². The summed E-state index contributed by atoms with van der Waals surface area (Å²) in [5, 5.41) is 0. The van der Waals surface area contributed by atoms with Crippen molar-refractivity contribution < 1.29 is 9.47 Å². The van der Waals surface area contributed by atoms with Crippen LogP contribution in [0.3, 0.4) is 0 Å². The lowest BCUT2D eigenvalue weighted by molar-refractivity contribution is 0.0791. The average molecular weight is 238 g/mol. The van der Waals surface area contributed by atoms with Gasteiger partial charge in [0.15, 0.2) is 0 Å². The fourth-order valence-electron chi connectivity index (χ4n) is 2.12. The van der Waals surface area contributed by atoms with Crippen LogP contribution in [0.2, 0.25) is 0 Å². The van der Waals surface area contributed by atoms with Crippen LogP contribution in [0.25, 0.3) is 11.1 Å². The van der Waals surface area contributed by atoms with Crippen molar-refractivity contribution in [3.8, 4) is 11.1 Å². The Bertz CT molecular complexity index is 558. The first-order valence-corrected chi connectivity index (χ1v) is 6.00. The van der Waals surface area contributed by atoms with Crippen molar-refractivity contribution in [2.24, 2.45) is 0 Å². The zero-order valence-electron chi connectivity index (χ0n) is 10.0. The van der Waals surface area contributed by atoms with E-state index >= 15 is 0 Å². The van der Waals surface area contributed by atoms with E-state index in [1.807, 2.05) is 6.07 Å². The van der Waals surface area contributed by atoms with Crippen LogP contribution in [0.1, 0.15) is 5.56 Å². The maximum atomic E-state index is 5.39. The summed E-state index contributed by atoms with van der Waals surface area (Å²) in [5.74, 6) is 0.887. The van der Waals surface area contributed by atoms with Crippen molar-refractivity contribution in [3.63, 3.8) is 0 Å². The number of ether oxygens (including phenoxy) is 2. The molecule has 0 N–H and O–H groups in total. The molecule has 2 heteroatoms. The highest BCUT2D eigenvalue weighted by Crippen LogP contribution is 2.26. The van der Waals surface area contributed by atoms with Crippen molar-refractivity contribution >= 4 is 0 Å². The van der Waals surface area contributed by atoms with Gasteiger partial charge in [0.2, 0.25) is 6.79 Å². The Labute approximate surface area is 106 Å². The molecule has 1 heterocycles. The summed E-state index contributed by atoms with van der Waals surface area (Å²) in [7, 11) is 0. The summed E-state index contributed by atoms with van der Waals surface area (Å²) in [6.45, 7) is 0.336. The van der Waals surface area contributed by atoms with E-state index in [2.05, 4.69) is 48.5 Å². The molecule has 0 bridgehead atoms. The van der Waals surface area contributed by atoms with Gasteiger partial charge < -0.3 is 9.47 Å². The molecular weight excluding hydrogens is 224 g/mol. The van der Waals surface area contributed by atoms with E-state index in [4.69, 9.17) is 9.47 Å². The minimum atomic E-state index is 0.336. The van der Waals surface area contributed by atoms with Gasteiger partial charge >= 0.3 is 0 Å².